The number of aliphatic hydroxyl groups is 2. The lowest BCUT2D eigenvalue weighted by molar-refractivity contribution is -0.124. The van der Waals surface area contributed by atoms with E-state index in [1.165, 1.54) is 0 Å². The smallest absolute Gasteiger partial charge is 0.0619 e. The van der Waals surface area contributed by atoms with Gasteiger partial charge < -0.3 is 10.2 Å². The number of fused-ring (bicyclic) bond motifs is 1. The molecule has 0 saturated heterocycles. The Bertz CT molecular complexity index is 281. The first-order valence-electron chi connectivity index (χ1n) is 7.15. The zero-order chi connectivity index (χ0) is 12.8. The van der Waals surface area contributed by atoms with Crippen LogP contribution in [0.25, 0.3) is 0 Å². The minimum absolute atomic E-state index is 0.0966. The molecule has 0 bridgehead atoms. The fourth-order valence-corrected chi connectivity index (χ4v) is 4.25. The van der Waals surface area contributed by atoms with Crippen molar-refractivity contribution in [3.8, 4) is 0 Å². The van der Waals surface area contributed by atoms with Crippen molar-refractivity contribution in [3.05, 3.63) is 0 Å². The van der Waals surface area contributed by atoms with Gasteiger partial charge in [-0.25, -0.2) is 0 Å². The Morgan fingerprint density at radius 3 is 2.41 bits per heavy atom. The van der Waals surface area contributed by atoms with Crippen LogP contribution in [0, 0.1) is 23.2 Å². The van der Waals surface area contributed by atoms with E-state index in [0.29, 0.717) is 17.8 Å². The summed E-state index contributed by atoms with van der Waals surface area (Å²) in [6.45, 7) is 8.45. The van der Waals surface area contributed by atoms with Crippen LogP contribution in [-0.2, 0) is 0 Å². The average molecular weight is 240 g/mol. The number of rotatable bonds is 1. The van der Waals surface area contributed by atoms with Gasteiger partial charge in [-0.3, -0.25) is 0 Å². The second-order valence-electron chi connectivity index (χ2n) is 7.31. The van der Waals surface area contributed by atoms with Crippen LogP contribution in [0.5, 0.6) is 0 Å². The van der Waals surface area contributed by atoms with Crippen LogP contribution in [0.4, 0.5) is 0 Å². The highest BCUT2D eigenvalue weighted by atomic mass is 16.3. The molecular weight excluding hydrogens is 212 g/mol. The average Bonchev–Trinajstić information content (AvgIpc) is 2.22. The minimum atomic E-state index is -0.566. The van der Waals surface area contributed by atoms with Crippen LogP contribution in [0.15, 0.2) is 0 Å². The standard InChI is InChI=1S/C15H28O2/c1-10-5-6-13(16)15(4)8-7-11(9-12(10)15)14(2,3)17/h10-13,16-17H,5-9H2,1-4H3/t10-,11+,12-,13+,15+/m1/s1. The molecule has 0 aliphatic heterocycles. The summed E-state index contributed by atoms with van der Waals surface area (Å²) in [5, 5.41) is 20.5. The van der Waals surface area contributed by atoms with Crippen molar-refractivity contribution in [1.29, 1.82) is 0 Å². The zero-order valence-corrected chi connectivity index (χ0v) is 11.7. The van der Waals surface area contributed by atoms with Gasteiger partial charge in [-0.15, -0.1) is 0 Å². The molecule has 0 amide bonds. The summed E-state index contributed by atoms with van der Waals surface area (Å²) in [5.74, 6) is 1.67. The van der Waals surface area contributed by atoms with E-state index in [2.05, 4.69) is 13.8 Å². The molecule has 100 valence electrons. The van der Waals surface area contributed by atoms with E-state index in [-0.39, 0.29) is 11.5 Å². The monoisotopic (exact) mass is 240 g/mol. The molecule has 0 aromatic rings. The molecule has 2 rings (SSSR count). The van der Waals surface area contributed by atoms with Gasteiger partial charge in [-0.1, -0.05) is 13.8 Å². The molecule has 0 heterocycles. The molecule has 17 heavy (non-hydrogen) atoms. The van der Waals surface area contributed by atoms with Crippen molar-refractivity contribution < 1.29 is 10.2 Å². The Hall–Kier alpha value is -0.0800. The quantitative estimate of drug-likeness (QED) is 0.740. The lowest BCUT2D eigenvalue weighted by Crippen LogP contribution is -2.51. The van der Waals surface area contributed by atoms with E-state index >= 15 is 0 Å². The third-order valence-electron chi connectivity index (χ3n) is 5.76. The summed E-state index contributed by atoms with van der Waals surface area (Å²) >= 11 is 0. The second-order valence-corrected chi connectivity index (χ2v) is 7.31. The van der Waals surface area contributed by atoms with Gasteiger partial charge in [0.2, 0.25) is 0 Å². The van der Waals surface area contributed by atoms with Crippen molar-refractivity contribution >= 4 is 0 Å². The van der Waals surface area contributed by atoms with Crippen molar-refractivity contribution in [1.82, 2.24) is 0 Å². The van der Waals surface area contributed by atoms with Gasteiger partial charge >= 0.3 is 0 Å². The van der Waals surface area contributed by atoms with E-state index in [9.17, 15) is 10.2 Å². The summed E-state index contributed by atoms with van der Waals surface area (Å²) < 4.78 is 0. The lowest BCUT2D eigenvalue weighted by Gasteiger charge is -2.54. The Labute approximate surface area is 105 Å². The third-order valence-corrected chi connectivity index (χ3v) is 5.76. The first kappa shape index (κ1) is 13.4. The molecule has 2 aliphatic carbocycles. The molecule has 2 fully saturated rings. The molecule has 2 saturated carbocycles. The van der Waals surface area contributed by atoms with E-state index in [0.717, 1.165) is 32.1 Å². The highest BCUT2D eigenvalue weighted by Gasteiger charge is 2.51. The number of aliphatic hydroxyl groups excluding tert-OH is 1. The van der Waals surface area contributed by atoms with Crippen molar-refractivity contribution in [2.75, 3.05) is 0 Å². The number of hydrogen-bond donors (Lipinski definition) is 2. The van der Waals surface area contributed by atoms with Crippen molar-refractivity contribution in [2.45, 2.75) is 71.5 Å². The summed E-state index contributed by atoms with van der Waals surface area (Å²) in [5.41, 5.74) is -0.469. The highest BCUT2D eigenvalue weighted by molar-refractivity contribution is 5.01. The van der Waals surface area contributed by atoms with Gasteiger partial charge in [0.1, 0.15) is 0 Å². The molecule has 5 atom stereocenters. The topological polar surface area (TPSA) is 40.5 Å². The minimum Gasteiger partial charge on any atom is -0.393 e. The molecular formula is C15H28O2. The van der Waals surface area contributed by atoms with Crippen LogP contribution in [0.1, 0.15) is 59.8 Å². The normalized spacial score (nSPS) is 47.6. The molecule has 2 nitrogen and oxygen atoms in total. The van der Waals surface area contributed by atoms with Gasteiger partial charge in [0, 0.05) is 0 Å². The van der Waals surface area contributed by atoms with Gasteiger partial charge in [-0.2, -0.15) is 0 Å². The predicted molar refractivity (Wildman–Crippen MR) is 69.6 cm³/mol. The Morgan fingerprint density at radius 2 is 1.82 bits per heavy atom. The van der Waals surface area contributed by atoms with Gasteiger partial charge in [0.05, 0.1) is 11.7 Å². The molecule has 0 radical (unpaired) electrons. The van der Waals surface area contributed by atoms with Gasteiger partial charge in [0.15, 0.2) is 0 Å². The molecule has 2 N–H and O–H groups in total. The van der Waals surface area contributed by atoms with Crippen molar-refractivity contribution in [3.63, 3.8) is 0 Å². The zero-order valence-electron chi connectivity index (χ0n) is 11.7. The lowest BCUT2D eigenvalue weighted by atomic mass is 9.52. The summed E-state index contributed by atoms with van der Waals surface area (Å²) in [6, 6.07) is 0. The Balaban J connectivity index is 2.18. The van der Waals surface area contributed by atoms with Gasteiger partial charge in [0.25, 0.3) is 0 Å². The molecule has 0 unspecified atom stereocenters. The fourth-order valence-electron chi connectivity index (χ4n) is 4.25. The van der Waals surface area contributed by atoms with E-state index in [1.807, 2.05) is 13.8 Å². The maximum atomic E-state index is 10.3. The summed E-state index contributed by atoms with van der Waals surface area (Å²) in [6.07, 6.45) is 5.17. The van der Waals surface area contributed by atoms with Crippen LogP contribution < -0.4 is 0 Å². The summed E-state index contributed by atoms with van der Waals surface area (Å²) in [7, 11) is 0. The fraction of sp³-hybridized carbons (Fsp3) is 1.00. The Morgan fingerprint density at radius 1 is 1.18 bits per heavy atom. The maximum absolute atomic E-state index is 10.3. The van der Waals surface area contributed by atoms with Crippen LogP contribution >= 0.6 is 0 Å². The second kappa shape index (κ2) is 4.24. The number of hydrogen-bond acceptors (Lipinski definition) is 2. The molecule has 2 heteroatoms. The van der Waals surface area contributed by atoms with E-state index < -0.39 is 5.60 Å². The predicted octanol–water partition coefficient (Wildman–Crippen LogP) is 2.97. The first-order chi connectivity index (χ1) is 7.75. The van der Waals surface area contributed by atoms with E-state index in [4.69, 9.17) is 0 Å². The summed E-state index contributed by atoms with van der Waals surface area (Å²) in [4.78, 5) is 0. The van der Waals surface area contributed by atoms with E-state index in [1.54, 1.807) is 0 Å². The molecule has 0 spiro atoms. The van der Waals surface area contributed by atoms with Crippen LogP contribution in [0.3, 0.4) is 0 Å². The first-order valence-corrected chi connectivity index (χ1v) is 7.15. The maximum Gasteiger partial charge on any atom is 0.0619 e. The Kier molecular flexibility index (Phi) is 3.33. The SMILES string of the molecule is C[C@@H]1CC[C@H](O)[C@@]2(C)CC[C@H](C(C)(C)O)C[C@H]12. The highest BCUT2D eigenvalue weighted by Crippen LogP contribution is 2.55. The molecule has 0 aromatic carbocycles. The van der Waals surface area contributed by atoms with Crippen LogP contribution in [0.2, 0.25) is 0 Å². The molecule has 2 aliphatic rings. The van der Waals surface area contributed by atoms with Gasteiger partial charge in [-0.05, 0) is 69.1 Å². The van der Waals surface area contributed by atoms with Crippen molar-refractivity contribution in [2.24, 2.45) is 23.2 Å². The van der Waals surface area contributed by atoms with Crippen LogP contribution in [-0.4, -0.2) is 21.9 Å². The molecule has 0 aromatic heterocycles. The third kappa shape index (κ3) is 2.26. The largest absolute Gasteiger partial charge is 0.393 e.